The van der Waals surface area contributed by atoms with E-state index < -0.39 is 0 Å². The van der Waals surface area contributed by atoms with Crippen LogP contribution in [0.5, 0.6) is 0 Å². The van der Waals surface area contributed by atoms with E-state index in [9.17, 15) is 0 Å². The fourth-order valence-electron chi connectivity index (χ4n) is 1.79. The minimum absolute atomic E-state index is 0.547. The predicted molar refractivity (Wildman–Crippen MR) is 63.1 cm³/mol. The summed E-state index contributed by atoms with van der Waals surface area (Å²) in [6, 6.07) is 2.17. The number of anilines is 1. The van der Waals surface area contributed by atoms with Gasteiger partial charge in [0.15, 0.2) is 0 Å². The van der Waals surface area contributed by atoms with E-state index in [1.807, 2.05) is 7.05 Å². The van der Waals surface area contributed by atoms with Gasteiger partial charge in [-0.15, -0.1) is 11.3 Å². The summed E-state index contributed by atoms with van der Waals surface area (Å²) in [4.78, 5) is 0. The Bertz CT molecular complexity index is 302. The standard InChI is InChI=1S/C11H18N2S/c1-9-3-6-14-10(9)13-8-11(4-5-11)7-12-2/h3,6,12-13H,4-5,7-8H2,1-2H3. The lowest BCUT2D eigenvalue weighted by atomic mass is 10.1. The first-order valence-corrected chi connectivity index (χ1v) is 6.06. The monoisotopic (exact) mass is 210 g/mol. The second kappa shape index (κ2) is 3.91. The molecule has 0 amide bonds. The zero-order valence-electron chi connectivity index (χ0n) is 8.89. The first-order chi connectivity index (χ1) is 6.76. The molecular weight excluding hydrogens is 192 g/mol. The summed E-state index contributed by atoms with van der Waals surface area (Å²) in [5.41, 5.74) is 1.92. The van der Waals surface area contributed by atoms with Gasteiger partial charge in [-0.05, 0) is 43.8 Å². The normalized spacial score (nSPS) is 18.1. The zero-order valence-corrected chi connectivity index (χ0v) is 9.71. The number of thiophene rings is 1. The quantitative estimate of drug-likeness (QED) is 0.780. The lowest BCUT2D eigenvalue weighted by molar-refractivity contribution is 0.507. The van der Waals surface area contributed by atoms with E-state index in [0.717, 1.165) is 13.1 Å². The van der Waals surface area contributed by atoms with E-state index in [-0.39, 0.29) is 0 Å². The van der Waals surface area contributed by atoms with Gasteiger partial charge in [-0.25, -0.2) is 0 Å². The molecule has 78 valence electrons. The SMILES string of the molecule is CNCC1(CNc2sccc2C)CC1. The molecule has 0 unspecified atom stereocenters. The van der Waals surface area contributed by atoms with Crippen molar-refractivity contribution in [1.82, 2.24) is 5.32 Å². The summed E-state index contributed by atoms with van der Waals surface area (Å²) >= 11 is 1.80. The molecule has 2 N–H and O–H groups in total. The molecule has 1 aliphatic carbocycles. The Kier molecular flexibility index (Phi) is 2.79. The van der Waals surface area contributed by atoms with Gasteiger partial charge in [0, 0.05) is 18.5 Å². The highest BCUT2D eigenvalue weighted by molar-refractivity contribution is 7.14. The summed E-state index contributed by atoms with van der Waals surface area (Å²) in [7, 11) is 2.04. The van der Waals surface area contributed by atoms with E-state index in [4.69, 9.17) is 0 Å². The van der Waals surface area contributed by atoms with Gasteiger partial charge >= 0.3 is 0 Å². The molecule has 1 aromatic rings. The maximum atomic E-state index is 3.56. The molecule has 1 saturated carbocycles. The van der Waals surface area contributed by atoms with Crippen molar-refractivity contribution in [2.24, 2.45) is 5.41 Å². The lowest BCUT2D eigenvalue weighted by Gasteiger charge is -2.15. The number of hydrogen-bond acceptors (Lipinski definition) is 3. The molecular formula is C11H18N2S. The molecule has 1 fully saturated rings. The van der Waals surface area contributed by atoms with E-state index in [2.05, 4.69) is 29.0 Å². The molecule has 0 aromatic carbocycles. The molecule has 0 radical (unpaired) electrons. The first kappa shape index (κ1) is 9.99. The van der Waals surface area contributed by atoms with E-state index in [0.29, 0.717) is 5.41 Å². The third-order valence-electron chi connectivity index (χ3n) is 2.99. The Morgan fingerprint density at radius 2 is 2.21 bits per heavy atom. The summed E-state index contributed by atoms with van der Waals surface area (Å²) in [5, 5.41) is 10.3. The minimum atomic E-state index is 0.547. The molecule has 0 aliphatic heterocycles. The topological polar surface area (TPSA) is 24.1 Å². The van der Waals surface area contributed by atoms with Crippen molar-refractivity contribution in [3.63, 3.8) is 0 Å². The molecule has 1 aliphatic rings. The third kappa shape index (κ3) is 2.10. The molecule has 1 heterocycles. The van der Waals surface area contributed by atoms with Crippen molar-refractivity contribution in [3.05, 3.63) is 17.0 Å². The first-order valence-electron chi connectivity index (χ1n) is 5.18. The second-order valence-corrected chi connectivity index (χ2v) is 5.23. The van der Waals surface area contributed by atoms with Gasteiger partial charge in [0.25, 0.3) is 0 Å². The van der Waals surface area contributed by atoms with Gasteiger partial charge in [0.2, 0.25) is 0 Å². The van der Waals surface area contributed by atoms with Gasteiger partial charge in [-0.1, -0.05) is 0 Å². The molecule has 0 spiro atoms. The molecule has 14 heavy (non-hydrogen) atoms. The van der Waals surface area contributed by atoms with Gasteiger partial charge in [-0.3, -0.25) is 0 Å². The number of rotatable bonds is 5. The maximum Gasteiger partial charge on any atom is 0.0912 e. The number of hydrogen-bond donors (Lipinski definition) is 2. The van der Waals surface area contributed by atoms with Crippen molar-refractivity contribution >= 4 is 16.3 Å². The van der Waals surface area contributed by atoms with Crippen LogP contribution in [0.15, 0.2) is 11.4 Å². The van der Waals surface area contributed by atoms with E-state index >= 15 is 0 Å². The molecule has 3 heteroatoms. The highest BCUT2D eigenvalue weighted by Gasteiger charge is 2.41. The average molecular weight is 210 g/mol. The highest BCUT2D eigenvalue weighted by atomic mass is 32.1. The van der Waals surface area contributed by atoms with Gasteiger partial charge in [0.1, 0.15) is 0 Å². The molecule has 0 bridgehead atoms. The van der Waals surface area contributed by atoms with Crippen LogP contribution in [0.3, 0.4) is 0 Å². The van der Waals surface area contributed by atoms with Crippen LogP contribution >= 0.6 is 11.3 Å². The zero-order chi connectivity index (χ0) is 10.0. The predicted octanol–water partition coefficient (Wildman–Crippen LogP) is 2.47. The Labute approximate surface area is 89.7 Å². The summed E-state index contributed by atoms with van der Waals surface area (Å²) in [6.45, 7) is 4.43. The van der Waals surface area contributed by atoms with Gasteiger partial charge in [-0.2, -0.15) is 0 Å². The molecule has 1 aromatic heterocycles. The van der Waals surface area contributed by atoms with Crippen LogP contribution in [-0.2, 0) is 0 Å². The van der Waals surface area contributed by atoms with Gasteiger partial charge in [0.05, 0.1) is 5.00 Å². The smallest absolute Gasteiger partial charge is 0.0912 e. The summed E-state index contributed by atoms with van der Waals surface area (Å²) in [5.74, 6) is 0. The van der Waals surface area contributed by atoms with Crippen LogP contribution in [0, 0.1) is 12.3 Å². The van der Waals surface area contributed by atoms with Crippen LogP contribution < -0.4 is 10.6 Å². The van der Waals surface area contributed by atoms with Gasteiger partial charge < -0.3 is 10.6 Å². The van der Waals surface area contributed by atoms with Crippen molar-refractivity contribution in [1.29, 1.82) is 0 Å². The van der Waals surface area contributed by atoms with Crippen LogP contribution in [0.4, 0.5) is 5.00 Å². The van der Waals surface area contributed by atoms with E-state index in [1.165, 1.54) is 23.4 Å². The fourth-order valence-corrected chi connectivity index (χ4v) is 2.61. The van der Waals surface area contributed by atoms with Crippen LogP contribution in [0.25, 0.3) is 0 Å². The molecule has 0 atom stereocenters. The third-order valence-corrected chi connectivity index (χ3v) is 3.97. The van der Waals surface area contributed by atoms with Crippen molar-refractivity contribution < 1.29 is 0 Å². The second-order valence-electron chi connectivity index (χ2n) is 4.32. The minimum Gasteiger partial charge on any atom is -0.376 e. The molecule has 2 nitrogen and oxygen atoms in total. The Balaban J connectivity index is 1.86. The van der Waals surface area contributed by atoms with E-state index in [1.54, 1.807) is 11.3 Å². The lowest BCUT2D eigenvalue weighted by Crippen LogP contribution is -2.26. The number of nitrogens with one attached hydrogen (secondary N) is 2. The highest BCUT2D eigenvalue weighted by Crippen LogP contribution is 2.45. The average Bonchev–Trinajstić information content (AvgIpc) is 2.81. The maximum absolute atomic E-state index is 3.56. The number of aryl methyl sites for hydroxylation is 1. The largest absolute Gasteiger partial charge is 0.376 e. The van der Waals surface area contributed by atoms with Crippen molar-refractivity contribution in [2.75, 3.05) is 25.5 Å². The fraction of sp³-hybridized carbons (Fsp3) is 0.636. The van der Waals surface area contributed by atoms with Crippen LogP contribution in [-0.4, -0.2) is 20.1 Å². The Morgan fingerprint density at radius 1 is 1.43 bits per heavy atom. The Morgan fingerprint density at radius 3 is 2.71 bits per heavy atom. The van der Waals surface area contributed by atoms with Crippen LogP contribution in [0.1, 0.15) is 18.4 Å². The Hall–Kier alpha value is -0.540. The molecule has 2 rings (SSSR count). The van der Waals surface area contributed by atoms with Crippen molar-refractivity contribution in [3.8, 4) is 0 Å². The summed E-state index contributed by atoms with van der Waals surface area (Å²) in [6.07, 6.45) is 2.73. The molecule has 0 saturated heterocycles. The van der Waals surface area contributed by atoms with Crippen LogP contribution in [0.2, 0.25) is 0 Å². The summed E-state index contributed by atoms with van der Waals surface area (Å²) < 4.78 is 0. The van der Waals surface area contributed by atoms with Crippen molar-refractivity contribution in [2.45, 2.75) is 19.8 Å².